The summed E-state index contributed by atoms with van der Waals surface area (Å²) in [6.07, 6.45) is -0.0362. The molecule has 1 aromatic carbocycles. The maximum Gasteiger partial charge on any atom is 0.412 e. The second-order valence-corrected chi connectivity index (χ2v) is 9.81. The first-order valence-corrected chi connectivity index (χ1v) is 11.8. The third-order valence-corrected chi connectivity index (χ3v) is 6.67. The largest absolute Gasteiger partial charge is 0.478 e. The van der Waals surface area contributed by atoms with Gasteiger partial charge in [-0.05, 0) is 80.0 Å². The van der Waals surface area contributed by atoms with Gasteiger partial charge in [-0.2, -0.15) is 13.2 Å². The van der Waals surface area contributed by atoms with E-state index in [1.807, 2.05) is 30.3 Å². The van der Waals surface area contributed by atoms with E-state index in [0.29, 0.717) is 18.1 Å². The van der Waals surface area contributed by atoms with E-state index in [4.69, 9.17) is 9.15 Å². The van der Waals surface area contributed by atoms with Crippen LogP contribution in [0.5, 0.6) is 5.75 Å². The zero-order valence-corrected chi connectivity index (χ0v) is 20.1. The summed E-state index contributed by atoms with van der Waals surface area (Å²) >= 11 is 0. The molecule has 0 amide bonds. The molecule has 1 atom stereocenters. The van der Waals surface area contributed by atoms with Crippen LogP contribution in [0, 0.1) is 5.92 Å². The molecule has 5 nitrogen and oxygen atoms in total. The van der Waals surface area contributed by atoms with Gasteiger partial charge >= 0.3 is 12.1 Å². The molecule has 1 aromatic heterocycles. The van der Waals surface area contributed by atoms with Crippen LogP contribution in [0.3, 0.4) is 0 Å². The molecule has 4 rings (SSSR count). The highest BCUT2D eigenvalue weighted by Gasteiger charge is 2.36. The lowest BCUT2D eigenvalue weighted by molar-refractivity contribution is -0.152. The van der Waals surface area contributed by atoms with E-state index in [0.717, 1.165) is 48.9 Å². The molecular formula is C27H30F3NO4. The minimum atomic E-state index is -4.30. The average Bonchev–Trinajstić information content (AvgIpc) is 3.14. The highest BCUT2D eigenvalue weighted by Crippen LogP contribution is 2.39. The number of hydrogen-bond donors (Lipinski definition) is 1. The first-order valence-electron chi connectivity index (χ1n) is 11.8. The third kappa shape index (κ3) is 5.81. The number of halogens is 3. The summed E-state index contributed by atoms with van der Waals surface area (Å²) in [7, 11) is 0. The number of carboxylic acid groups (broad SMARTS) is 1. The van der Waals surface area contributed by atoms with Crippen molar-refractivity contribution in [3.8, 4) is 5.75 Å². The van der Waals surface area contributed by atoms with Crippen molar-refractivity contribution in [1.82, 2.24) is 4.90 Å². The van der Waals surface area contributed by atoms with E-state index in [9.17, 15) is 23.1 Å². The number of carboxylic acids is 1. The first kappa shape index (κ1) is 25.1. The summed E-state index contributed by atoms with van der Waals surface area (Å²) in [4.78, 5) is 13.7. The fourth-order valence-electron chi connectivity index (χ4n) is 4.54. The Morgan fingerprint density at radius 3 is 2.49 bits per heavy atom. The fraction of sp³-hybridized carbons (Fsp3) is 0.444. The van der Waals surface area contributed by atoms with Crippen molar-refractivity contribution in [3.05, 3.63) is 70.7 Å². The predicted molar refractivity (Wildman–Crippen MR) is 126 cm³/mol. The number of benzene rings is 1. The number of nitrogens with zero attached hydrogens (tertiary/aromatic N) is 1. The molecule has 2 aromatic rings. The van der Waals surface area contributed by atoms with E-state index in [2.05, 4.69) is 4.90 Å². The van der Waals surface area contributed by atoms with Crippen molar-refractivity contribution in [1.29, 1.82) is 0 Å². The smallest absolute Gasteiger partial charge is 0.412 e. The Morgan fingerprint density at radius 1 is 1.11 bits per heavy atom. The average molecular weight is 490 g/mol. The standard InChI is InChI=1S/C27H30F3NO4/c1-17-14-20(27(28,29)30)5-8-23(17)24-9-7-22(34-24)16-31-12-10-18-4-6-21(15-19(18)11-13-31)35-26(2,3)25(32)33/h4-9,15,17H,10-14,16H2,1-3H3,(H,32,33). The van der Waals surface area contributed by atoms with Crippen LogP contribution >= 0.6 is 0 Å². The second-order valence-electron chi connectivity index (χ2n) is 9.81. The van der Waals surface area contributed by atoms with Gasteiger partial charge in [0.25, 0.3) is 0 Å². The van der Waals surface area contributed by atoms with Crippen LogP contribution in [-0.4, -0.2) is 40.8 Å². The van der Waals surface area contributed by atoms with Crippen LogP contribution in [0.2, 0.25) is 0 Å². The Balaban J connectivity index is 1.40. The Kier molecular flexibility index (Phi) is 6.86. The Hall–Kier alpha value is -3.00. The lowest BCUT2D eigenvalue weighted by atomic mass is 9.87. The second kappa shape index (κ2) is 9.57. The van der Waals surface area contributed by atoms with Gasteiger partial charge in [0.05, 0.1) is 6.54 Å². The van der Waals surface area contributed by atoms with Gasteiger partial charge in [0.15, 0.2) is 5.60 Å². The summed E-state index contributed by atoms with van der Waals surface area (Å²) in [5.74, 6) is 0.637. The molecule has 8 heteroatoms. The number of fused-ring (bicyclic) bond motifs is 1. The number of rotatable bonds is 6. The molecule has 0 bridgehead atoms. The van der Waals surface area contributed by atoms with Gasteiger partial charge in [-0.3, -0.25) is 4.90 Å². The third-order valence-electron chi connectivity index (χ3n) is 6.67. The van der Waals surface area contributed by atoms with Gasteiger partial charge in [0, 0.05) is 18.7 Å². The predicted octanol–water partition coefficient (Wildman–Crippen LogP) is 6.03. The van der Waals surface area contributed by atoms with Crippen LogP contribution in [0.25, 0.3) is 5.57 Å². The van der Waals surface area contributed by atoms with Crippen molar-refractivity contribution < 1.29 is 32.2 Å². The highest BCUT2D eigenvalue weighted by molar-refractivity contribution is 5.76. The monoisotopic (exact) mass is 489 g/mol. The fourth-order valence-corrected chi connectivity index (χ4v) is 4.54. The van der Waals surface area contributed by atoms with Crippen LogP contribution in [0.4, 0.5) is 13.2 Å². The van der Waals surface area contributed by atoms with E-state index in [1.165, 1.54) is 25.5 Å². The first-order chi connectivity index (χ1) is 16.4. The quantitative estimate of drug-likeness (QED) is 0.537. The van der Waals surface area contributed by atoms with Gasteiger partial charge in [-0.1, -0.05) is 25.1 Å². The summed E-state index contributed by atoms with van der Waals surface area (Å²) in [6, 6.07) is 9.47. The molecule has 1 aliphatic heterocycles. The minimum Gasteiger partial charge on any atom is -0.478 e. The van der Waals surface area contributed by atoms with Gasteiger partial charge < -0.3 is 14.3 Å². The van der Waals surface area contributed by atoms with Crippen LogP contribution in [0.1, 0.15) is 49.8 Å². The van der Waals surface area contributed by atoms with E-state index >= 15 is 0 Å². The van der Waals surface area contributed by atoms with Crippen LogP contribution < -0.4 is 4.74 Å². The molecule has 2 heterocycles. The zero-order valence-electron chi connectivity index (χ0n) is 20.1. The molecule has 0 saturated heterocycles. The normalized spacial score (nSPS) is 19.4. The van der Waals surface area contributed by atoms with Crippen molar-refractivity contribution in [2.75, 3.05) is 13.1 Å². The summed E-state index contributed by atoms with van der Waals surface area (Å²) < 4.78 is 50.8. The molecule has 1 aliphatic carbocycles. The van der Waals surface area contributed by atoms with Crippen LogP contribution in [0.15, 0.2) is 52.5 Å². The molecule has 0 spiro atoms. The summed E-state index contributed by atoms with van der Waals surface area (Å²) in [5, 5.41) is 9.31. The molecule has 2 aliphatic rings. The Labute approximate surface area is 202 Å². The maximum absolute atomic E-state index is 13.0. The van der Waals surface area contributed by atoms with Gasteiger partial charge in [-0.15, -0.1) is 0 Å². The highest BCUT2D eigenvalue weighted by atomic mass is 19.4. The number of furan rings is 1. The molecule has 1 N–H and O–H groups in total. The topological polar surface area (TPSA) is 62.9 Å². The Bertz CT molecular complexity index is 1160. The lowest BCUT2D eigenvalue weighted by Gasteiger charge is -2.22. The number of carbonyl (C=O) groups is 1. The SMILES string of the molecule is CC1CC(C(F)(F)F)=CC=C1c1ccc(CN2CCc3ccc(OC(C)(C)C(=O)O)cc3CC2)o1. The lowest BCUT2D eigenvalue weighted by Crippen LogP contribution is -2.37. The molecule has 35 heavy (non-hydrogen) atoms. The molecule has 0 radical (unpaired) electrons. The maximum atomic E-state index is 13.0. The van der Waals surface area contributed by atoms with Gasteiger partial charge in [0.2, 0.25) is 0 Å². The Morgan fingerprint density at radius 2 is 1.83 bits per heavy atom. The van der Waals surface area contributed by atoms with E-state index in [-0.39, 0.29) is 12.3 Å². The van der Waals surface area contributed by atoms with Crippen LogP contribution in [-0.2, 0) is 24.2 Å². The molecule has 188 valence electrons. The number of hydrogen-bond acceptors (Lipinski definition) is 4. The molecule has 0 fully saturated rings. The number of alkyl halides is 3. The summed E-state index contributed by atoms with van der Waals surface area (Å²) in [6.45, 7) is 7.07. The number of aliphatic carboxylic acids is 1. The van der Waals surface area contributed by atoms with E-state index in [1.54, 1.807) is 6.92 Å². The number of allylic oxidation sites excluding steroid dienone is 4. The minimum absolute atomic E-state index is 0.0505. The van der Waals surface area contributed by atoms with Crippen molar-refractivity contribution >= 4 is 11.5 Å². The van der Waals surface area contributed by atoms with Crippen molar-refractivity contribution in [2.24, 2.45) is 5.92 Å². The number of ether oxygens (including phenoxy) is 1. The molecule has 1 unspecified atom stereocenters. The zero-order chi connectivity index (χ0) is 25.4. The summed E-state index contributed by atoms with van der Waals surface area (Å²) in [5.41, 5.74) is 1.31. The van der Waals surface area contributed by atoms with E-state index < -0.39 is 23.3 Å². The molecular weight excluding hydrogens is 459 g/mol. The van der Waals surface area contributed by atoms with Gasteiger partial charge in [-0.25, -0.2) is 4.79 Å². The van der Waals surface area contributed by atoms with Crippen molar-refractivity contribution in [2.45, 2.75) is 58.4 Å². The van der Waals surface area contributed by atoms with Crippen molar-refractivity contribution in [3.63, 3.8) is 0 Å². The van der Waals surface area contributed by atoms with Gasteiger partial charge in [0.1, 0.15) is 17.3 Å². The molecule has 0 saturated carbocycles.